The van der Waals surface area contributed by atoms with Gasteiger partial charge in [-0.2, -0.15) is 0 Å². The molecule has 0 saturated heterocycles. The third-order valence-electron chi connectivity index (χ3n) is 3.81. The van der Waals surface area contributed by atoms with Crippen molar-refractivity contribution in [2.75, 3.05) is 25.1 Å². The van der Waals surface area contributed by atoms with Gasteiger partial charge in [-0.25, -0.2) is 0 Å². The number of ether oxygens (including phenoxy) is 2. The molecule has 4 nitrogen and oxygen atoms in total. The Morgan fingerprint density at radius 2 is 1.62 bits per heavy atom. The van der Waals surface area contributed by atoms with E-state index in [1.54, 1.807) is 0 Å². The number of hydrogen-bond donors (Lipinski definition) is 2. The molecule has 4 heteroatoms. The summed E-state index contributed by atoms with van der Waals surface area (Å²) in [6.45, 7) is 7.46. The molecule has 0 aliphatic rings. The van der Waals surface area contributed by atoms with Crippen molar-refractivity contribution in [3.8, 4) is 11.5 Å². The first-order valence-electron chi connectivity index (χ1n) is 8.53. The summed E-state index contributed by atoms with van der Waals surface area (Å²) in [4.78, 5) is 0. The Balaban J connectivity index is 2.10. The maximum Gasteiger partial charge on any atom is 0.161 e. The van der Waals surface area contributed by atoms with Gasteiger partial charge in [0.05, 0.1) is 13.2 Å². The molecule has 2 aromatic carbocycles. The van der Waals surface area contributed by atoms with Crippen molar-refractivity contribution in [1.82, 2.24) is 0 Å². The molecule has 1 unspecified atom stereocenters. The number of rotatable bonds is 9. The first-order chi connectivity index (χ1) is 11.7. The zero-order chi connectivity index (χ0) is 17.4. The highest BCUT2D eigenvalue weighted by atomic mass is 16.5. The highest BCUT2D eigenvalue weighted by Gasteiger charge is 2.11. The topological polar surface area (TPSA) is 50.7 Å². The van der Waals surface area contributed by atoms with Gasteiger partial charge in [-0.1, -0.05) is 18.2 Å². The summed E-state index contributed by atoms with van der Waals surface area (Å²) in [5.41, 5.74) is 3.33. The van der Waals surface area contributed by atoms with E-state index in [9.17, 15) is 0 Å². The van der Waals surface area contributed by atoms with E-state index in [1.807, 2.05) is 50.2 Å². The van der Waals surface area contributed by atoms with Gasteiger partial charge in [0.25, 0.3) is 0 Å². The molecule has 0 radical (unpaired) electrons. The summed E-state index contributed by atoms with van der Waals surface area (Å²) in [6, 6.07) is 14.4. The van der Waals surface area contributed by atoms with Crippen LogP contribution in [-0.2, 0) is 6.42 Å². The zero-order valence-corrected chi connectivity index (χ0v) is 14.7. The second kappa shape index (κ2) is 9.18. The minimum atomic E-state index is 0.142. The lowest BCUT2D eigenvalue weighted by Gasteiger charge is -2.18. The molecule has 130 valence electrons. The van der Waals surface area contributed by atoms with Crippen LogP contribution in [-0.4, -0.2) is 24.9 Å². The van der Waals surface area contributed by atoms with Crippen molar-refractivity contribution in [1.29, 1.82) is 0 Å². The summed E-state index contributed by atoms with van der Waals surface area (Å²) in [7, 11) is 0. The minimum Gasteiger partial charge on any atom is -0.490 e. The van der Waals surface area contributed by atoms with E-state index < -0.39 is 0 Å². The van der Waals surface area contributed by atoms with Gasteiger partial charge in [0.15, 0.2) is 11.5 Å². The molecular formula is C20H27NO3. The van der Waals surface area contributed by atoms with Crippen molar-refractivity contribution >= 4 is 5.69 Å². The van der Waals surface area contributed by atoms with E-state index in [0.29, 0.717) is 19.6 Å². The number of aliphatic hydroxyl groups is 1. The fourth-order valence-electron chi connectivity index (χ4n) is 2.57. The van der Waals surface area contributed by atoms with E-state index in [-0.39, 0.29) is 12.6 Å². The van der Waals surface area contributed by atoms with Crippen LogP contribution < -0.4 is 14.8 Å². The number of nitrogens with one attached hydrogen (secondary N) is 1. The van der Waals surface area contributed by atoms with E-state index in [2.05, 4.69) is 18.3 Å². The molecule has 24 heavy (non-hydrogen) atoms. The van der Waals surface area contributed by atoms with Crippen LogP contribution in [0.5, 0.6) is 11.5 Å². The Bertz CT molecular complexity index is 625. The first-order valence-corrected chi connectivity index (χ1v) is 8.53. The molecule has 0 aromatic heterocycles. The first kappa shape index (κ1) is 18.1. The molecule has 0 saturated carbocycles. The molecule has 0 heterocycles. The molecule has 2 N–H and O–H groups in total. The lowest BCUT2D eigenvalue weighted by molar-refractivity contribution is 0.287. The molecule has 1 atom stereocenters. The van der Waals surface area contributed by atoms with Gasteiger partial charge in [-0.15, -0.1) is 0 Å². The summed E-state index contributed by atoms with van der Waals surface area (Å²) in [5, 5.41) is 12.5. The molecule has 0 fully saturated rings. The van der Waals surface area contributed by atoms with Crippen LogP contribution in [0.25, 0.3) is 0 Å². The smallest absolute Gasteiger partial charge is 0.161 e. The van der Waals surface area contributed by atoms with E-state index in [1.165, 1.54) is 0 Å². The lowest BCUT2D eigenvalue weighted by Crippen LogP contribution is -2.08. The molecule has 0 amide bonds. The van der Waals surface area contributed by atoms with Crippen LogP contribution in [0.4, 0.5) is 5.69 Å². The third-order valence-corrected chi connectivity index (χ3v) is 3.81. The van der Waals surface area contributed by atoms with Gasteiger partial charge in [0, 0.05) is 18.3 Å². The quantitative estimate of drug-likeness (QED) is 0.724. The summed E-state index contributed by atoms with van der Waals surface area (Å²) >= 11 is 0. The Kier molecular flexibility index (Phi) is 6.94. The molecule has 2 rings (SSSR count). The van der Waals surface area contributed by atoms with Gasteiger partial charge in [-0.3, -0.25) is 0 Å². The largest absolute Gasteiger partial charge is 0.490 e. The van der Waals surface area contributed by atoms with Gasteiger partial charge in [-0.05, 0) is 62.6 Å². The molecule has 0 aliphatic heterocycles. The van der Waals surface area contributed by atoms with E-state index in [4.69, 9.17) is 14.6 Å². The Labute approximate surface area is 144 Å². The van der Waals surface area contributed by atoms with Crippen molar-refractivity contribution in [2.24, 2.45) is 0 Å². The van der Waals surface area contributed by atoms with Crippen LogP contribution in [0.15, 0.2) is 42.5 Å². The Morgan fingerprint density at radius 1 is 0.958 bits per heavy atom. The summed E-state index contributed by atoms with van der Waals surface area (Å²) in [6.07, 6.45) is 0.687. The van der Waals surface area contributed by atoms with Crippen LogP contribution in [0.2, 0.25) is 0 Å². The number of anilines is 1. The number of hydrogen-bond acceptors (Lipinski definition) is 4. The average Bonchev–Trinajstić information content (AvgIpc) is 2.59. The fourth-order valence-corrected chi connectivity index (χ4v) is 2.57. The average molecular weight is 329 g/mol. The van der Waals surface area contributed by atoms with Gasteiger partial charge in [0.1, 0.15) is 0 Å². The monoisotopic (exact) mass is 329 g/mol. The highest BCUT2D eigenvalue weighted by molar-refractivity contribution is 5.49. The fraction of sp³-hybridized carbons (Fsp3) is 0.400. The second-order valence-electron chi connectivity index (χ2n) is 5.61. The Hall–Kier alpha value is -2.20. The normalized spacial score (nSPS) is 11.8. The second-order valence-corrected chi connectivity index (χ2v) is 5.61. The molecule has 2 aromatic rings. The highest BCUT2D eigenvalue weighted by Crippen LogP contribution is 2.31. The SMILES string of the molecule is CCOc1ccc(C(C)Nc2ccc(CCO)cc2)cc1OCC. The van der Waals surface area contributed by atoms with Gasteiger partial charge < -0.3 is 19.9 Å². The van der Waals surface area contributed by atoms with Gasteiger partial charge >= 0.3 is 0 Å². The Morgan fingerprint density at radius 3 is 2.25 bits per heavy atom. The van der Waals surface area contributed by atoms with Crippen LogP contribution >= 0.6 is 0 Å². The molecular weight excluding hydrogens is 302 g/mol. The van der Waals surface area contributed by atoms with Crippen molar-refractivity contribution in [2.45, 2.75) is 33.2 Å². The third kappa shape index (κ3) is 4.90. The maximum atomic E-state index is 8.98. The van der Waals surface area contributed by atoms with Crippen molar-refractivity contribution in [3.05, 3.63) is 53.6 Å². The molecule has 0 spiro atoms. The van der Waals surface area contributed by atoms with Crippen LogP contribution in [0, 0.1) is 0 Å². The zero-order valence-electron chi connectivity index (χ0n) is 14.7. The summed E-state index contributed by atoms with van der Waals surface area (Å²) < 4.78 is 11.3. The number of aliphatic hydroxyl groups excluding tert-OH is 1. The van der Waals surface area contributed by atoms with Gasteiger partial charge in [0.2, 0.25) is 0 Å². The van der Waals surface area contributed by atoms with E-state index >= 15 is 0 Å². The number of benzene rings is 2. The minimum absolute atomic E-state index is 0.142. The lowest BCUT2D eigenvalue weighted by atomic mass is 10.1. The predicted molar refractivity (Wildman–Crippen MR) is 98.0 cm³/mol. The predicted octanol–water partition coefficient (Wildman–Crippen LogP) is 4.19. The van der Waals surface area contributed by atoms with E-state index in [0.717, 1.165) is 28.3 Å². The van der Waals surface area contributed by atoms with Crippen molar-refractivity contribution in [3.63, 3.8) is 0 Å². The van der Waals surface area contributed by atoms with Crippen molar-refractivity contribution < 1.29 is 14.6 Å². The molecule has 0 bridgehead atoms. The van der Waals surface area contributed by atoms with Crippen LogP contribution in [0.1, 0.15) is 37.9 Å². The standard InChI is InChI=1S/C20H27NO3/c1-4-23-19-11-8-17(14-20(19)24-5-2)15(3)21-18-9-6-16(7-10-18)12-13-22/h6-11,14-15,21-22H,4-5,12-13H2,1-3H3. The van der Waals surface area contributed by atoms with Crippen LogP contribution in [0.3, 0.4) is 0 Å². The molecule has 0 aliphatic carbocycles. The summed E-state index contributed by atoms with van der Waals surface area (Å²) in [5.74, 6) is 1.56. The maximum absolute atomic E-state index is 8.98.